The van der Waals surface area contributed by atoms with Crippen LogP contribution in [0.4, 0.5) is 17.6 Å². The molecule has 1 aliphatic rings. The maximum absolute atomic E-state index is 13.1. The van der Waals surface area contributed by atoms with Gasteiger partial charge in [0.1, 0.15) is 5.82 Å². The first kappa shape index (κ1) is 18.0. The van der Waals surface area contributed by atoms with Crippen LogP contribution in [0.15, 0.2) is 30.9 Å². The molecule has 0 spiro atoms. The summed E-state index contributed by atoms with van der Waals surface area (Å²) in [5, 5.41) is 5.19. The average molecular weight is 344 g/mol. The lowest BCUT2D eigenvalue weighted by Crippen LogP contribution is -2.37. The number of alkyl halides is 3. The smallest absolute Gasteiger partial charge is 0.350 e. The second-order valence-corrected chi connectivity index (χ2v) is 5.58. The largest absolute Gasteiger partial charge is 0.417 e. The fourth-order valence-electron chi connectivity index (χ4n) is 2.72. The van der Waals surface area contributed by atoms with Gasteiger partial charge in [0.2, 0.25) is 5.91 Å². The van der Waals surface area contributed by atoms with Crippen molar-refractivity contribution >= 4 is 11.8 Å². The molecule has 1 saturated carbocycles. The number of amides is 2. The van der Waals surface area contributed by atoms with E-state index in [4.69, 9.17) is 0 Å². The molecule has 8 heteroatoms. The summed E-state index contributed by atoms with van der Waals surface area (Å²) in [5.41, 5.74) is -1.93. The topological polar surface area (TPSA) is 58.2 Å². The molecule has 1 aromatic rings. The van der Waals surface area contributed by atoms with Crippen molar-refractivity contribution in [3.05, 3.63) is 47.8 Å². The summed E-state index contributed by atoms with van der Waals surface area (Å²) in [6.07, 6.45) is -2.17. The van der Waals surface area contributed by atoms with Crippen molar-refractivity contribution < 1.29 is 27.2 Å². The summed E-state index contributed by atoms with van der Waals surface area (Å²) in [7, 11) is 0. The summed E-state index contributed by atoms with van der Waals surface area (Å²) >= 11 is 0. The number of hydrogen-bond donors (Lipinski definition) is 2. The predicted molar refractivity (Wildman–Crippen MR) is 78.6 cm³/mol. The number of benzene rings is 1. The average Bonchev–Trinajstić information content (AvgIpc) is 2.93. The molecule has 0 saturated heterocycles. The molecule has 2 N–H and O–H groups in total. The second kappa shape index (κ2) is 7.02. The lowest BCUT2D eigenvalue weighted by Gasteiger charge is -2.17. The molecule has 0 bridgehead atoms. The van der Waals surface area contributed by atoms with Crippen molar-refractivity contribution in [2.45, 2.75) is 37.5 Å². The van der Waals surface area contributed by atoms with Crippen LogP contribution < -0.4 is 10.6 Å². The zero-order valence-corrected chi connectivity index (χ0v) is 12.6. The summed E-state index contributed by atoms with van der Waals surface area (Å²) in [5.74, 6) is -2.32. The van der Waals surface area contributed by atoms with Gasteiger partial charge in [0, 0.05) is 12.1 Å². The molecule has 0 radical (unpaired) electrons. The van der Waals surface area contributed by atoms with Crippen LogP contribution in [0.3, 0.4) is 0 Å². The quantitative estimate of drug-likeness (QED) is 0.652. The van der Waals surface area contributed by atoms with Gasteiger partial charge in [-0.2, -0.15) is 13.2 Å². The fraction of sp³-hybridized carbons (Fsp3) is 0.375. The Kier molecular flexibility index (Phi) is 5.26. The van der Waals surface area contributed by atoms with Gasteiger partial charge in [-0.3, -0.25) is 9.59 Å². The molecule has 1 aliphatic carbocycles. The van der Waals surface area contributed by atoms with E-state index in [1.54, 1.807) is 0 Å². The van der Waals surface area contributed by atoms with E-state index in [-0.39, 0.29) is 18.0 Å². The summed E-state index contributed by atoms with van der Waals surface area (Å²) in [4.78, 5) is 23.4. The van der Waals surface area contributed by atoms with Gasteiger partial charge in [-0.05, 0) is 43.5 Å². The van der Waals surface area contributed by atoms with Crippen LogP contribution in [-0.2, 0) is 11.0 Å². The van der Waals surface area contributed by atoms with Crippen LogP contribution in [0, 0.1) is 5.82 Å². The van der Waals surface area contributed by atoms with Crippen molar-refractivity contribution in [3.63, 3.8) is 0 Å². The first-order chi connectivity index (χ1) is 11.2. The Hall–Kier alpha value is -2.38. The number of halogens is 4. The molecule has 1 aromatic carbocycles. The minimum absolute atomic E-state index is 0.170. The van der Waals surface area contributed by atoms with E-state index in [1.165, 1.54) is 0 Å². The Balaban J connectivity index is 2.06. The minimum Gasteiger partial charge on any atom is -0.350 e. The van der Waals surface area contributed by atoms with Gasteiger partial charge in [-0.1, -0.05) is 6.58 Å². The lowest BCUT2D eigenvalue weighted by molar-refractivity contribution is -0.138. The number of carbonyl (C=O) groups excluding carboxylic acids is 2. The van der Waals surface area contributed by atoms with Crippen molar-refractivity contribution in [3.8, 4) is 0 Å². The van der Waals surface area contributed by atoms with E-state index in [0.29, 0.717) is 25.3 Å². The standard InChI is InChI=1S/C16H16F4N2O2/c1-2-14(23)21-10-4-5-11(8-10)22-15(24)12-6-3-9(17)7-13(12)16(18,19)20/h2-3,6-7,10-11H,1,4-5,8H2,(H,21,23)(H,22,24)/t10-,11+/m1/s1. The van der Waals surface area contributed by atoms with Gasteiger partial charge in [0.25, 0.3) is 5.91 Å². The third-order valence-electron chi connectivity index (χ3n) is 3.83. The van der Waals surface area contributed by atoms with E-state index in [1.807, 2.05) is 0 Å². The van der Waals surface area contributed by atoms with Crippen LogP contribution in [0.1, 0.15) is 35.2 Å². The van der Waals surface area contributed by atoms with Crippen LogP contribution in [-0.4, -0.2) is 23.9 Å². The van der Waals surface area contributed by atoms with Gasteiger partial charge >= 0.3 is 6.18 Å². The monoisotopic (exact) mass is 344 g/mol. The number of nitrogens with one attached hydrogen (secondary N) is 2. The molecule has 0 heterocycles. The van der Waals surface area contributed by atoms with Crippen molar-refractivity contribution in [2.75, 3.05) is 0 Å². The van der Waals surface area contributed by atoms with Gasteiger partial charge in [-0.15, -0.1) is 0 Å². The van der Waals surface area contributed by atoms with E-state index in [0.717, 1.165) is 18.2 Å². The molecular weight excluding hydrogens is 328 g/mol. The Morgan fingerprint density at radius 2 is 1.79 bits per heavy atom. The number of hydrogen-bond acceptors (Lipinski definition) is 2. The number of rotatable bonds is 4. The van der Waals surface area contributed by atoms with Crippen LogP contribution in [0.2, 0.25) is 0 Å². The fourth-order valence-corrected chi connectivity index (χ4v) is 2.72. The Bertz CT molecular complexity index is 658. The van der Waals surface area contributed by atoms with Gasteiger partial charge in [0.15, 0.2) is 0 Å². The molecule has 0 aromatic heterocycles. The predicted octanol–water partition coefficient (Wildman–Crippen LogP) is 2.80. The summed E-state index contributed by atoms with van der Waals surface area (Å²) in [6.45, 7) is 3.33. The minimum atomic E-state index is -4.83. The molecule has 2 atom stereocenters. The molecule has 2 rings (SSSR count). The lowest BCUT2D eigenvalue weighted by atomic mass is 10.1. The highest BCUT2D eigenvalue weighted by Gasteiger charge is 2.36. The zero-order chi connectivity index (χ0) is 17.9. The van der Waals surface area contributed by atoms with Crippen molar-refractivity contribution in [1.82, 2.24) is 10.6 Å². The summed E-state index contributed by atoms with van der Waals surface area (Å²) < 4.78 is 51.9. The highest BCUT2D eigenvalue weighted by atomic mass is 19.4. The van der Waals surface area contributed by atoms with Crippen molar-refractivity contribution in [1.29, 1.82) is 0 Å². The van der Waals surface area contributed by atoms with Crippen LogP contribution in [0.5, 0.6) is 0 Å². The third kappa shape index (κ3) is 4.33. The molecular formula is C16H16F4N2O2. The molecule has 130 valence electrons. The molecule has 24 heavy (non-hydrogen) atoms. The van der Waals surface area contributed by atoms with E-state index < -0.39 is 29.0 Å². The molecule has 2 amide bonds. The normalized spacial score (nSPS) is 20.5. The van der Waals surface area contributed by atoms with Crippen molar-refractivity contribution in [2.24, 2.45) is 0 Å². The maximum Gasteiger partial charge on any atom is 0.417 e. The van der Waals surface area contributed by atoms with Gasteiger partial charge in [-0.25, -0.2) is 4.39 Å². The first-order valence-corrected chi connectivity index (χ1v) is 7.31. The summed E-state index contributed by atoms with van der Waals surface area (Å²) in [6, 6.07) is 1.40. The van der Waals surface area contributed by atoms with E-state index in [9.17, 15) is 27.2 Å². The van der Waals surface area contributed by atoms with E-state index >= 15 is 0 Å². The zero-order valence-electron chi connectivity index (χ0n) is 12.6. The molecule has 4 nitrogen and oxygen atoms in total. The highest BCUT2D eigenvalue weighted by Crippen LogP contribution is 2.32. The molecule has 1 fully saturated rings. The Morgan fingerprint density at radius 3 is 2.38 bits per heavy atom. The molecule has 0 aliphatic heterocycles. The third-order valence-corrected chi connectivity index (χ3v) is 3.83. The first-order valence-electron chi connectivity index (χ1n) is 7.31. The van der Waals surface area contributed by atoms with Gasteiger partial charge in [0.05, 0.1) is 11.1 Å². The van der Waals surface area contributed by atoms with Gasteiger partial charge < -0.3 is 10.6 Å². The maximum atomic E-state index is 13.1. The van der Waals surface area contributed by atoms with E-state index in [2.05, 4.69) is 17.2 Å². The SMILES string of the molecule is C=CC(=O)N[C@@H]1CC[C@H](NC(=O)c2ccc(F)cc2C(F)(F)F)C1. The number of carbonyl (C=O) groups is 2. The molecule has 0 unspecified atom stereocenters. The highest BCUT2D eigenvalue weighted by molar-refractivity contribution is 5.96. The Morgan fingerprint density at radius 1 is 1.17 bits per heavy atom. The van der Waals surface area contributed by atoms with Crippen LogP contribution >= 0.6 is 0 Å². The van der Waals surface area contributed by atoms with Crippen LogP contribution in [0.25, 0.3) is 0 Å². The Labute approximate surface area is 135 Å². The second-order valence-electron chi connectivity index (χ2n) is 5.58.